The van der Waals surface area contributed by atoms with Gasteiger partial charge in [-0.15, -0.1) is 11.3 Å². The minimum atomic E-state index is -0.436. The lowest BCUT2D eigenvalue weighted by molar-refractivity contribution is -0.112. The molecule has 4 aromatic rings. The van der Waals surface area contributed by atoms with Crippen molar-refractivity contribution in [1.29, 1.82) is 5.26 Å². The lowest BCUT2D eigenvalue weighted by Crippen LogP contribution is -2.13. The summed E-state index contributed by atoms with van der Waals surface area (Å²) in [6, 6.07) is 21.8. The van der Waals surface area contributed by atoms with Crippen LogP contribution in [0.25, 0.3) is 28.0 Å². The summed E-state index contributed by atoms with van der Waals surface area (Å²) in [6.45, 7) is 0. The molecule has 1 amide bonds. The first kappa shape index (κ1) is 17.7. The third-order valence-electron chi connectivity index (χ3n) is 4.31. The highest BCUT2D eigenvalue weighted by Gasteiger charge is 2.11. The molecule has 0 aliphatic heterocycles. The van der Waals surface area contributed by atoms with Crippen LogP contribution < -0.4 is 5.32 Å². The number of amides is 1. The van der Waals surface area contributed by atoms with Gasteiger partial charge in [0.15, 0.2) is 0 Å². The Kier molecular flexibility index (Phi) is 4.96. The van der Waals surface area contributed by atoms with Crippen molar-refractivity contribution in [1.82, 2.24) is 4.98 Å². The van der Waals surface area contributed by atoms with E-state index in [2.05, 4.69) is 34.6 Å². The molecule has 5 heteroatoms. The number of thiophene rings is 1. The Balaban J connectivity index is 1.63. The van der Waals surface area contributed by atoms with Crippen molar-refractivity contribution in [2.24, 2.45) is 0 Å². The molecular formula is C23H15N3OS. The summed E-state index contributed by atoms with van der Waals surface area (Å²) in [7, 11) is 0. The molecule has 0 aliphatic carbocycles. The van der Waals surface area contributed by atoms with E-state index >= 15 is 0 Å². The molecule has 0 unspecified atom stereocenters. The molecule has 2 heterocycles. The molecule has 2 aromatic carbocycles. The van der Waals surface area contributed by atoms with Crippen LogP contribution in [0.2, 0.25) is 0 Å². The van der Waals surface area contributed by atoms with E-state index in [1.54, 1.807) is 30.6 Å². The van der Waals surface area contributed by atoms with Gasteiger partial charge in [-0.2, -0.15) is 5.26 Å². The van der Waals surface area contributed by atoms with E-state index in [1.165, 1.54) is 22.1 Å². The second-order valence-electron chi connectivity index (χ2n) is 6.12. The largest absolute Gasteiger partial charge is 0.321 e. The fourth-order valence-corrected chi connectivity index (χ4v) is 3.81. The number of hydrogen-bond donors (Lipinski definition) is 1. The molecule has 4 rings (SSSR count). The van der Waals surface area contributed by atoms with Crippen molar-refractivity contribution in [2.45, 2.75) is 0 Å². The number of hydrogen-bond acceptors (Lipinski definition) is 4. The molecule has 0 spiro atoms. The molecular weight excluding hydrogens is 366 g/mol. The van der Waals surface area contributed by atoms with Crippen molar-refractivity contribution < 1.29 is 4.79 Å². The Hall–Kier alpha value is -3.75. The van der Waals surface area contributed by atoms with Crippen molar-refractivity contribution >= 4 is 39.8 Å². The number of rotatable bonds is 4. The third-order valence-corrected chi connectivity index (χ3v) is 5.19. The summed E-state index contributed by atoms with van der Waals surface area (Å²) < 4.78 is 0. The maximum atomic E-state index is 12.4. The van der Waals surface area contributed by atoms with Crippen LogP contribution in [0.3, 0.4) is 0 Å². The first-order valence-corrected chi connectivity index (χ1v) is 9.52. The molecule has 0 fully saturated rings. The Bertz CT molecular complexity index is 1210. The highest BCUT2D eigenvalue weighted by atomic mass is 32.1. The van der Waals surface area contributed by atoms with Gasteiger partial charge in [-0.05, 0) is 51.6 Å². The van der Waals surface area contributed by atoms with E-state index < -0.39 is 5.91 Å². The molecule has 0 saturated heterocycles. The number of benzene rings is 2. The maximum Gasteiger partial charge on any atom is 0.266 e. The zero-order valence-electron chi connectivity index (χ0n) is 14.8. The van der Waals surface area contributed by atoms with Crippen molar-refractivity contribution in [3.8, 4) is 17.2 Å². The SMILES string of the molecule is N#C/C(=C\c1cc(-c2cccc3ccccc23)cs1)C(=O)Nc1ccncc1. The minimum Gasteiger partial charge on any atom is -0.321 e. The van der Waals surface area contributed by atoms with E-state index in [0.29, 0.717) is 5.69 Å². The van der Waals surface area contributed by atoms with E-state index in [4.69, 9.17) is 0 Å². The first-order valence-electron chi connectivity index (χ1n) is 8.64. The predicted molar refractivity (Wildman–Crippen MR) is 114 cm³/mol. The zero-order chi connectivity index (χ0) is 19.3. The van der Waals surface area contributed by atoms with Gasteiger partial charge in [0, 0.05) is 23.0 Å². The lowest BCUT2D eigenvalue weighted by atomic mass is 10.00. The van der Waals surface area contributed by atoms with Gasteiger partial charge < -0.3 is 5.32 Å². The highest BCUT2D eigenvalue weighted by molar-refractivity contribution is 7.11. The van der Waals surface area contributed by atoms with E-state index in [9.17, 15) is 10.1 Å². The first-order chi connectivity index (χ1) is 13.7. The van der Waals surface area contributed by atoms with Gasteiger partial charge >= 0.3 is 0 Å². The van der Waals surface area contributed by atoms with Crippen LogP contribution in [0, 0.1) is 11.3 Å². The van der Waals surface area contributed by atoms with Crippen LogP contribution in [0.5, 0.6) is 0 Å². The van der Waals surface area contributed by atoms with E-state index in [1.807, 2.05) is 35.7 Å². The van der Waals surface area contributed by atoms with Crippen molar-refractivity contribution in [3.05, 3.63) is 88.9 Å². The molecule has 0 radical (unpaired) electrons. The zero-order valence-corrected chi connectivity index (χ0v) is 15.6. The van der Waals surface area contributed by atoms with Crippen molar-refractivity contribution in [3.63, 3.8) is 0 Å². The van der Waals surface area contributed by atoms with E-state index in [0.717, 1.165) is 16.0 Å². The van der Waals surface area contributed by atoms with Gasteiger partial charge in [0.05, 0.1) is 0 Å². The van der Waals surface area contributed by atoms with Crippen molar-refractivity contribution in [2.75, 3.05) is 5.32 Å². The molecule has 0 atom stereocenters. The molecule has 4 nitrogen and oxygen atoms in total. The predicted octanol–water partition coefficient (Wildman–Crippen LogP) is 5.51. The van der Waals surface area contributed by atoms with Gasteiger partial charge in [-0.3, -0.25) is 9.78 Å². The van der Waals surface area contributed by atoms with Gasteiger partial charge in [0.1, 0.15) is 11.6 Å². The summed E-state index contributed by atoms with van der Waals surface area (Å²) >= 11 is 1.50. The number of fused-ring (bicyclic) bond motifs is 1. The third kappa shape index (κ3) is 3.68. The van der Waals surface area contributed by atoms with Crippen LogP contribution in [0.1, 0.15) is 4.88 Å². The number of carbonyl (C=O) groups is 1. The number of carbonyl (C=O) groups excluding carboxylic acids is 1. The molecule has 1 N–H and O–H groups in total. The normalized spacial score (nSPS) is 11.2. The number of pyridine rings is 1. The molecule has 2 aromatic heterocycles. The van der Waals surface area contributed by atoms with Gasteiger partial charge in [-0.25, -0.2) is 0 Å². The fraction of sp³-hybridized carbons (Fsp3) is 0. The Morgan fingerprint density at radius 1 is 1.07 bits per heavy atom. The number of nitrogens with one attached hydrogen (secondary N) is 1. The van der Waals surface area contributed by atoms with Gasteiger partial charge in [0.25, 0.3) is 5.91 Å². The second-order valence-corrected chi connectivity index (χ2v) is 7.07. The van der Waals surface area contributed by atoms with Crippen LogP contribution >= 0.6 is 11.3 Å². The van der Waals surface area contributed by atoms with Crippen LogP contribution in [-0.2, 0) is 4.79 Å². The smallest absolute Gasteiger partial charge is 0.266 e. The molecule has 0 aliphatic rings. The average Bonchev–Trinajstić information content (AvgIpc) is 3.20. The number of nitrogens with zero attached hydrogens (tertiary/aromatic N) is 2. The summed E-state index contributed by atoms with van der Waals surface area (Å²) in [5, 5.41) is 16.5. The second kappa shape index (κ2) is 7.87. The Morgan fingerprint density at radius 3 is 2.68 bits per heavy atom. The fourth-order valence-electron chi connectivity index (χ4n) is 2.97. The monoisotopic (exact) mass is 381 g/mol. The number of anilines is 1. The Labute approximate surface area is 166 Å². The summed E-state index contributed by atoms with van der Waals surface area (Å²) in [5.41, 5.74) is 2.86. The van der Waals surface area contributed by atoms with Gasteiger partial charge in [0.2, 0.25) is 0 Å². The highest BCUT2D eigenvalue weighted by Crippen LogP contribution is 2.32. The minimum absolute atomic E-state index is 0.0585. The van der Waals surface area contributed by atoms with E-state index in [-0.39, 0.29) is 5.57 Å². The summed E-state index contributed by atoms with van der Waals surface area (Å²) in [5.74, 6) is -0.436. The summed E-state index contributed by atoms with van der Waals surface area (Å²) in [4.78, 5) is 17.1. The average molecular weight is 381 g/mol. The lowest BCUT2D eigenvalue weighted by Gasteiger charge is -2.04. The molecule has 0 saturated carbocycles. The number of nitriles is 1. The van der Waals surface area contributed by atoms with Gasteiger partial charge in [-0.1, -0.05) is 42.5 Å². The van der Waals surface area contributed by atoms with Crippen LogP contribution in [-0.4, -0.2) is 10.9 Å². The topological polar surface area (TPSA) is 65.8 Å². The standard InChI is InChI=1S/C23H15N3OS/c24-14-17(23(27)26-19-8-10-25-11-9-19)12-20-13-18(15-28-20)22-7-3-5-16-4-1-2-6-21(16)22/h1-13,15H,(H,25,26,27)/b17-12+. The quantitative estimate of drug-likeness (QED) is 0.374. The molecule has 0 bridgehead atoms. The number of aromatic nitrogens is 1. The molecule has 134 valence electrons. The van der Waals surface area contributed by atoms with Crippen LogP contribution in [0.15, 0.2) is 84.0 Å². The Morgan fingerprint density at radius 2 is 1.86 bits per heavy atom. The maximum absolute atomic E-state index is 12.4. The summed E-state index contributed by atoms with van der Waals surface area (Å²) in [6.07, 6.45) is 4.79. The molecule has 28 heavy (non-hydrogen) atoms. The van der Waals surface area contributed by atoms with Crippen LogP contribution in [0.4, 0.5) is 5.69 Å².